The number of hydrogen-bond donors (Lipinski definition) is 2. The quantitative estimate of drug-likeness (QED) is 0.394. The first-order valence-corrected chi connectivity index (χ1v) is 9.63. The van der Waals surface area contributed by atoms with Crippen LogP contribution in [0.15, 0.2) is 17.9 Å². The molecule has 6 heteroatoms. The lowest BCUT2D eigenvalue weighted by molar-refractivity contribution is 0.465. The molecule has 2 aromatic carbocycles. The van der Waals surface area contributed by atoms with Crippen LogP contribution in [0.5, 0.6) is 11.5 Å². The molecule has 0 aliphatic rings. The molecule has 2 nitrogen and oxygen atoms in total. The van der Waals surface area contributed by atoms with Gasteiger partial charge in [-0.05, 0) is 91.4 Å². The lowest BCUT2D eigenvalue weighted by Gasteiger charge is -2.20. The number of benzene rings is 2. The summed E-state index contributed by atoms with van der Waals surface area (Å²) >= 11 is 14.4. The molecule has 0 saturated heterocycles. The molecule has 0 unspecified atom stereocenters. The van der Waals surface area contributed by atoms with Gasteiger partial charge in [0.05, 0.1) is 0 Å². The fraction of sp³-hybridized carbons (Fsp3) is 0.250. The minimum absolute atomic E-state index is 0.266. The lowest BCUT2D eigenvalue weighted by Crippen LogP contribution is -1.96. The number of halogens is 4. The van der Waals surface area contributed by atoms with Crippen LogP contribution in [0.4, 0.5) is 0 Å². The number of rotatable bonds is 1. The van der Waals surface area contributed by atoms with Crippen molar-refractivity contribution < 1.29 is 10.2 Å². The van der Waals surface area contributed by atoms with E-state index in [9.17, 15) is 10.2 Å². The highest BCUT2D eigenvalue weighted by Crippen LogP contribution is 2.51. The second-order valence-corrected chi connectivity index (χ2v) is 8.38. The van der Waals surface area contributed by atoms with Gasteiger partial charge in [-0.2, -0.15) is 0 Å². The number of aromatic hydroxyl groups is 2. The summed E-state index contributed by atoms with van der Waals surface area (Å²) in [5.74, 6) is 0.531. The Morgan fingerprint density at radius 1 is 0.500 bits per heavy atom. The van der Waals surface area contributed by atoms with Crippen LogP contribution in [-0.4, -0.2) is 10.2 Å². The second-order valence-electron chi connectivity index (χ2n) is 5.20. The average molecular weight is 558 g/mol. The molecule has 118 valence electrons. The van der Waals surface area contributed by atoms with Crippen molar-refractivity contribution in [3.63, 3.8) is 0 Å². The molecule has 0 heterocycles. The van der Waals surface area contributed by atoms with E-state index in [0.29, 0.717) is 0 Å². The summed E-state index contributed by atoms with van der Waals surface area (Å²) in [6.07, 6.45) is 0. The zero-order chi connectivity index (χ0) is 16.9. The molecule has 2 N–H and O–H groups in total. The highest BCUT2D eigenvalue weighted by molar-refractivity contribution is 9.11. The van der Waals surface area contributed by atoms with Crippen LogP contribution >= 0.6 is 63.7 Å². The van der Waals surface area contributed by atoms with E-state index in [1.165, 1.54) is 0 Å². The van der Waals surface area contributed by atoms with Crippen LogP contribution in [0.1, 0.15) is 22.3 Å². The SMILES string of the molecule is Cc1c(O)c(C)c(Br)c(-c2c(Br)c(C)c(O)c(C)c2Br)c1Br. The maximum Gasteiger partial charge on any atom is 0.123 e. The Kier molecular flexibility index (Phi) is 5.37. The first-order chi connectivity index (χ1) is 10.1. The minimum atomic E-state index is 0.266. The molecule has 0 aliphatic carbocycles. The van der Waals surface area contributed by atoms with E-state index in [-0.39, 0.29) is 11.5 Å². The first-order valence-electron chi connectivity index (χ1n) is 6.45. The highest BCUT2D eigenvalue weighted by Gasteiger charge is 2.24. The fourth-order valence-electron chi connectivity index (χ4n) is 2.36. The van der Waals surface area contributed by atoms with Crippen molar-refractivity contribution in [1.29, 1.82) is 0 Å². The summed E-state index contributed by atoms with van der Waals surface area (Å²) in [5.41, 5.74) is 4.96. The molecular weight excluding hydrogens is 544 g/mol. The Hall–Kier alpha value is -0.0400. The standard InChI is InChI=1S/C16H14Br4O2/c1-5-11(17)9(12(18)6(2)15(5)21)10-13(19)7(3)16(22)8(4)14(10)20/h21-22H,1-4H3. The molecule has 0 atom stereocenters. The molecule has 0 aromatic heterocycles. The van der Waals surface area contributed by atoms with Gasteiger partial charge < -0.3 is 10.2 Å². The Balaban J connectivity index is 3.03. The van der Waals surface area contributed by atoms with Crippen LogP contribution in [-0.2, 0) is 0 Å². The van der Waals surface area contributed by atoms with Crippen LogP contribution in [0.25, 0.3) is 11.1 Å². The monoisotopic (exact) mass is 554 g/mol. The molecule has 0 saturated carbocycles. The van der Waals surface area contributed by atoms with Gasteiger partial charge in [-0.3, -0.25) is 0 Å². The number of phenols is 2. The van der Waals surface area contributed by atoms with Crippen molar-refractivity contribution in [2.75, 3.05) is 0 Å². The molecule has 0 amide bonds. The molecule has 0 spiro atoms. The zero-order valence-corrected chi connectivity index (χ0v) is 18.8. The van der Waals surface area contributed by atoms with E-state index >= 15 is 0 Å². The van der Waals surface area contributed by atoms with Crippen LogP contribution in [0, 0.1) is 27.7 Å². The Bertz CT molecular complexity index is 672. The highest BCUT2D eigenvalue weighted by atomic mass is 79.9. The summed E-state index contributed by atoms with van der Waals surface area (Å²) in [6.45, 7) is 7.46. The summed E-state index contributed by atoms with van der Waals surface area (Å²) in [6, 6.07) is 0. The van der Waals surface area contributed by atoms with E-state index in [4.69, 9.17) is 0 Å². The molecule has 2 aromatic rings. The van der Waals surface area contributed by atoms with E-state index in [0.717, 1.165) is 51.3 Å². The summed E-state index contributed by atoms with van der Waals surface area (Å²) in [5, 5.41) is 20.4. The predicted molar refractivity (Wildman–Crippen MR) is 105 cm³/mol. The van der Waals surface area contributed by atoms with E-state index < -0.39 is 0 Å². The lowest BCUT2D eigenvalue weighted by atomic mass is 9.96. The van der Waals surface area contributed by atoms with Gasteiger partial charge in [-0.25, -0.2) is 0 Å². The molecule has 0 aliphatic heterocycles. The molecule has 2 rings (SSSR count). The van der Waals surface area contributed by atoms with Gasteiger partial charge in [-0.15, -0.1) is 0 Å². The Morgan fingerprint density at radius 2 is 0.682 bits per heavy atom. The van der Waals surface area contributed by atoms with Gasteiger partial charge >= 0.3 is 0 Å². The largest absolute Gasteiger partial charge is 0.507 e. The summed E-state index contributed by atoms with van der Waals surface area (Å²) in [7, 11) is 0. The van der Waals surface area contributed by atoms with Crippen molar-refractivity contribution in [2.24, 2.45) is 0 Å². The third kappa shape index (κ3) is 2.66. The molecular formula is C16H14Br4O2. The molecule has 0 bridgehead atoms. The molecule has 0 fully saturated rings. The van der Waals surface area contributed by atoms with E-state index in [1.807, 2.05) is 27.7 Å². The third-order valence-electron chi connectivity index (χ3n) is 3.87. The topological polar surface area (TPSA) is 40.5 Å². The van der Waals surface area contributed by atoms with Gasteiger partial charge in [0.15, 0.2) is 0 Å². The number of hydrogen-bond acceptors (Lipinski definition) is 2. The van der Waals surface area contributed by atoms with Crippen molar-refractivity contribution >= 4 is 63.7 Å². The second kappa shape index (κ2) is 6.46. The van der Waals surface area contributed by atoms with Crippen molar-refractivity contribution in [1.82, 2.24) is 0 Å². The Labute approximate surface area is 163 Å². The molecule has 0 radical (unpaired) electrons. The van der Waals surface area contributed by atoms with Gasteiger partial charge in [-0.1, -0.05) is 0 Å². The van der Waals surface area contributed by atoms with E-state index in [2.05, 4.69) is 63.7 Å². The van der Waals surface area contributed by atoms with Gasteiger partial charge in [0.2, 0.25) is 0 Å². The first kappa shape index (κ1) is 18.3. The van der Waals surface area contributed by atoms with Crippen LogP contribution < -0.4 is 0 Å². The predicted octanol–water partition coefficient (Wildman–Crippen LogP) is 7.05. The van der Waals surface area contributed by atoms with Crippen LogP contribution in [0.3, 0.4) is 0 Å². The fourth-order valence-corrected chi connectivity index (χ4v) is 5.23. The summed E-state index contributed by atoms with van der Waals surface area (Å²) in [4.78, 5) is 0. The third-order valence-corrected chi connectivity index (χ3v) is 7.83. The smallest absolute Gasteiger partial charge is 0.123 e. The maximum atomic E-state index is 10.2. The zero-order valence-electron chi connectivity index (χ0n) is 12.4. The van der Waals surface area contributed by atoms with E-state index in [1.54, 1.807) is 0 Å². The van der Waals surface area contributed by atoms with Crippen molar-refractivity contribution in [3.8, 4) is 22.6 Å². The van der Waals surface area contributed by atoms with Crippen molar-refractivity contribution in [2.45, 2.75) is 27.7 Å². The van der Waals surface area contributed by atoms with Gasteiger partial charge in [0.1, 0.15) is 11.5 Å². The van der Waals surface area contributed by atoms with Gasteiger partial charge in [0, 0.05) is 51.3 Å². The van der Waals surface area contributed by atoms with Crippen LogP contribution in [0.2, 0.25) is 0 Å². The minimum Gasteiger partial charge on any atom is -0.507 e. The van der Waals surface area contributed by atoms with Crippen molar-refractivity contribution in [3.05, 3.63) is 40.1 Å². The van der Waals surface area contributed by atoms with Gasteiger partial charge in [0.25, 0.3) is 0 Å². The number of phenolic OH excluding ortho intramolecular Hbond substituents is 2. The Morgan fingerprint density at radius 3 is 0.864 bits per heavy atom. The maximum absolute atomic E-state index is 10.2. The summed E-state index contributed by atoms with van der Waals surface area (Å²) < 4.78 is 3.25. The normalized spacial score (nSPS) is 11.1. The molecule has 22 heavy (non-hydrogen) atoms. The average Bonchev–Trinajstić information content (AvgIpc) is 2.50.